The van der Waals surface area contributed by atoms with Gasteiger partial charge in [0.15, 0.2) is 0 Å². The minimum absolute atomic E-state index is 0.0604. The fraction of sp³-hybridized carbons (Fsp3) is 0.364. The van der Waals surface area contributed by atoms with Crippen LogP contribution in [-0.4, -0.2) is 49.7 Å². The minimum atomic E-state index is 0.0604. The van der Waals surface area contributed by atoms with Crippen molar-refractivity contribution in [2.75, 3.05) is 13.1 Å². The molecule has 1 amide bonds. The number of benzene rings is 1. The van der Waals surface area contributed by atoms with Crippen molar-refractivity contribution >= 4 is 5.91 Å². The molecular weight excluding hydrogens is 364 g/mol. The van der Waals surface area contributed by atoms with Gasteiger partial charge in [0.2, 0.25) is 0 Å². The summed E-state index contributed by atoms with van der Waals surface area (Å²) in [6.07, 6.45) is 7.97. The maximum atomic E-state index is 13.6. The van der Waals surface area contributed by atoms with Gasteiger partial charge in [0, 0.05) is 17.8 Å². The van der Waals surface area contributed by atoms with Crippen molar-refractivity contribution in [2.24, 2.45) is 0 Å². The standard InChI is InChI=1S/C22H26N6O/c1-17-13-20(28-16-24-15-26-28)7-8-21(17)22(29)27(14-18-5-2-3-11-25-18)19-6-4-10-23-12-9-19/h2-3,5,7-8,11,13,15-16,19,23H,4,6,9-10,12,14H2,1H3. The number of nitrogens with zero attached hydrogens (tertiary/aromatic N) is 5. The first-order chi connectivity index (χ1) is 14.2. The molecule has 7 nitrogen and oxygen atoms in total. The second-order valence-corrected chi connectivity index (χ2v) is 7.43. The van der Waals surface area contributed by atoms with E-state index < -0.39 is 0 Å². The van der Waals surface area contributed by atoms with E-state index in [9.17, 15) is 4.79 Å². The molecule has 2 aromatic heterocycles. The molecule has 1 aromatic carbocycles. The molecule has 0 spiro atoms. The van der Waals surface area contributed by atoms with Gasteiger partial charge >= 0.3 is 0 Å². The predicted octanol–water partition coefficient (Wildman–Crippen LogP) is 2.76. The maximum Gasteiger partial charge on any atom is 0.254 e. The molecule has 4 rings (SSSR count). The van der Waals surface area contributed by atoms with Gasteiger partial charge < -0.3 is 10.2 Å². The molecule has 0 saturated carbocycles. The van der Waals surface area contributed by atoms with Crippen molar-refractivity contribution in [1.82, 2.24) is 30.0 Å². The largest absolute Gasteiger partial charge is 0.330 e. The fourth-order valence-corrected chi connectivity index (χ4v) is 3.87. The van der Waals surface area contributed by atoms with Gasteiger partial charge in [-0.25, -0.2) is 9.67 Å². The number of pyridine rings is 1. The Morgan fingerprint density at radius 1 is 1.24 bits per heavy atom. The maximum absolute atomic E-state index is 13.6. The van der Waals surface area contributed by atoms with Crippen LogP contribution < -0.4 is 5.32 Å². The molecule has 0 radical (unpaired) electrons. The second-order valence-electron chi connectivity index (χ2n) is 7.43. The second kappa shape index (κ2) is 8.96. The Kier molecular flexibility index (Phi) is 5.95. The van der Waals surface area contributed by atoms with Crippen molar-refractivity contribution in [2.45, 2.75) is 38.8 Å². The van der Waals surface area contributed by atoms with E-state index >= 15 is 0 Å². The number of hydrogen-bond donors (Lipinski definition) is 1. The summed E-state index contributed by atoms with van der Waals surface area (Å²) in [5, 5.41) is 7.61. The van der Waals surface area contributed by atoms with Gasteiger partial charge in [-0.1, -0.05) is 6.07 Å². The van der Waals surface area contributed by atoms with Crippen LogP contribution in [0.2, 0.25) is 0 Å². The third kappa shape index (κ3) is 4.51. The number of aromatic nitrogens is 4. The molecule has 1 saturated heterocycles. The number of nitrogens with one attached hydrogen (secondary N) is 1. The molecule has 1 atom stereocenters. The lowest BCUT2D eigenvalue weighted by Crippen LogP contribution is -2.40. The van der Waals surface area contributed by atoms with E-state index in [1.165, 1.54) is 6.33 Å². The smallest absolute Gasteiger partial charge is 0.254 e. The van der Waals surface area contributed by atoms with Gasteiger partial charge in [-0.15, -0.1) is 0 Å². The highest BCUT2D eigenvalue weighted by Crippen LogP contribution is 2.22. The van der Waals surface area contributed by atoms with Crippen LogP contribution in [0.15, 0.2) is 55.2 Å². The topological polar surface area (TPSA) is 75.9 Å². The minimum Gasteiger partial charge on any atom is -0.330 e. The lowest BCUT2D eigenvalue weighted by atomic mass is 10.0. The molecule has 7 heteroatoms. The SMILES string of the molecule is Cc1cc(-n2cncn2)ccc1C(=O)N(Cc1ccccn1)C1CCCNCC1. The highest BCUT2D eigenvalue weighted by molar-refractivity contribution is 5.96. The summed E-state index contributed by atoms with van der Waals surface area (Å²) in [6.45, 7) is 4.44. The van der Waals surface area contributed by atoms with Crippen molar-refractivity contribution in [3.63, 3.8) is 0 Å². The zero-order valence-corrected chi connectivity index (χ0v) is 16.7. The Balaban J connectivity index is 1.63. The number of carbonyl (C=O) groups excluding carboxylic acids is 1. The van der Waals surface area contributed by atoms with Crippen molar-refractivity contribution < 1.29 is 4.79 Å². The summed E-state index contributed by atoms with van der Waals surface area (Å²) in [7, 11) is 0. The van der Waals surface area contributed by atoms with E-state index in [1.54, 1.807) is 17.2 Å². The van der Waals surface area contributed by atoms with Gasteiger partial charge in [0.25, 0.3) is 5.91 Å². The van der Waals surface area contributed by atoms with Crippen LogP contribution in [-0.2, 0) is 6.54 Å². The predicted molar refractivity (Wildman–Crippen MR) is 111 cm³/mol. The van der Waals surface area contributed by atoms with Crippen molar-refractivity contribution in [3.8, 4) is 5.69 Å². The summed E-state index contributed by atoms with van der Waals surface area (Å²) in [6, 6.07) is 11.9. The normalized spacial score (nSPS) is 16.9. The Hall–Kier alpha value is -3.06. The summed E-state index contributed by atoms with van der Waals surface area (Å²) in [5.41, 5.74) is 3.46. The first-order valence-corrected chi connectivity index (χ1v) is 10.1. The van der Waals surface area contributed by atoms with Crippen LogP contribution in [0.4, 0.5) is 0 Å². The van der Waals surface area contributed by atoms with E-state index in [4.69, 9.17) is 0 Å². The quantitative estimate of drug-likeness (QED) is 0.725. The van der Waals surface area contributed by atoms with Crippen LogP contribution in [0.5, 0.6) is 0 Å². The van der Waals surface area contributed by atoms with Crippen molar-refractivity contribution in [1.29, 1.82) is 0 Å². The first-order valence-electron chi connectivity index (χ1n) is 10.1. The summed E-state index contributed by atoms with van der Waals surface area (Å²) in [4.78, 5) is 24.1. The lowest BCUT2D eigenvalue weighted by Gasteiger charge is -2.31. The van der Waals surface area contributed by atoms with E-state index in [0.29, 0.717) is 6.54 Å². The molecule has 3 heterocycles. The Morgan fingerprint density at radius 3 is 2.93 bits per heavy atom. The summed E-state index contributed by atoms with van der Waals surface area (Å²) in [5.74, 6) is 0.0604. The van der Waals surface area contributed by atoms with Gasteiger partial charge in [0.05, 0.1) is 17.9 Å². The van der Waals surface area contributed by atoms with Crippen LogP contribution in [0, 0.1) is 6.92 Å². The monoisotopic (exact) mass is 390 g/mol. The molecule has 1 aliphatic heterocycles. The van der Waals surface area contributed by atoms with Gasteiger partial charge in [-0.2, -0.15) is 5.10 Å². The molecule has 3 aromatic rings. The molecule has 150 valence electrons. The number of rotatable bonds is 5. The fourth-order valence-electron chi connectivity index (χ4n) is 3.87. The van der Waals surface area contributed by atoms with E-state index in [2.05, 4.69) is 20.4 Å². The van der Waals surface area contributed by atoms with Crippen LogP contribution in [0.3, 0.4) is 0 Å². The molecule has 1 N–H and O–H groups in total. The molecule has 0 aliphatic carbocycles. The number of amides is 1. The van der Waals surface area contributed by atoms with Crippen LogP contribution in [0.25, 0.3) is 5.69 Å². The summed E-state index contributed by atoms with van der Waals surface area (Å²) >= 11 is 0. The average Bonchev–Trinajstić information content (AvgIpc) is 3.15. The molecule has 0 bridgehead atoms. The Bertz CT molecular complexity index is 933. The Morgan fingerprint density at radius 2 is 2.17 bits per heavy atom. The summed E-state index contributed by atoms with van der Waals surface area (Å²) < 4.78 is 1.70. The van der Waals surface area contributed by atoms with Crippen LogP contribution >= 0.6 is 0 Å². The lowest BCUT2D eigenvalue weighted by molar-refractivity contribution is 0.0641. The zero-order chi connectivity index (χ0) is 20.1. The van der Waals surface area contributed by atoms with Gasteiger partial charge in [-0.05, 0) is 75.2 Å². The highest BCUT2D eigenvalue weighted by atomic mass is 16.2. The van der Waals surface area contributed by atoms with Crippen molar-refractivity contribution in [3.05, 3.63) is 72.1 Å². The highest BCUT2D eigenvalue weighted by Gasteiger charge is 2.27. The Labute approximate surface area is 170 Å². The molecule has 1 fully saturated rings. The molecule has 1 aliphatic rings. The van der Waals surface area contributed by atoms with Gasteiger partial charge in [-0.3, -0.25) is 9.78 Å². The molecule has 29 heavy (non-hydrogen) atoms. The van der Waals surface area contributed by atoms with E-state index in [-0.39, 0.29) is 11.9 Å². The third-order valence-electron chi connectivity index (χ3n) is 5.43. The number of carbonyl (C=O) groups is 1. The number of aryl methyl sites for hydroxylation is 1. The zero-order valence-electron chi connectivity index (χ0n) is 16.7. The average molecular weight is 390 g/mol. The number of hydrogen-bond acceptors (Lipinski definition) is 5. The third-order valence-corrected chi connectivity index (χ3v) is 5.43. The first kappa shape index (κ1) is 19.3. The van der Waals surface area contributed by atoms with Gasteiger partial charge in [0.1, 0.15) is 12.7 Å². The molecular formula is C22H26N6O. The molecule has 1 unspecified atom stereocenters. The van der Waals surface area contributed by atoms with E-state index in [0.717, 1.165) is 54.9 Å². The van der Waals surface area contributed by atoms with E-state index in [1.807, 2.05) is 48.2 Å². The van der Waals surface area contributed by atoms with Crippen LogP contribution in [0.1, 0.15) is 40.9 Å².